The molecule has 3 heterocycles. The van der Waals surface area contributed by atoms with Gasteiger partial charge in [0.1, 0.15) is 12.0 Å². The summed E-state index contributed by atoms with van der Waals surface area (Å²) in [5, 5.41) is 0. The first-order chi connectivity index (χ1) is 13.2. The average molecular weight is 367 g/mol. The number of rotatable bonds is 4. The number of para-hydroxylation sites is 1. The van der Waals surface area contributed by atoms with E-state index in [4.69, 9.17) is 10.5 Å². The van der Waals surface area contributed by atoms with Gasteiger partial charge in [-0.25, -0.2) is 9.97 Å². The molecule has 1 saturated heterocycles. The molecule has 4 rings (SSSR count). The Labute approximate surface area is 159 Å². The number of nitrogen functional groups attached to an aromatic ring is 1. The van der Waals surface area contributed by atoms with Crippen molar-refractivity contribution in [1.82, 2.24) is 9.97 Å². The van der Waals surface area contributed by atoms with Crippen molar-refractivity contribution in [3.63, 3.8) is 0 Å². The van der Waals surface area contributed by atoms with Crippen molar-refractivity contribution < 1.29 is 9.53 Å². The zero-order valence-electron chi connectivity index (χ0n) is 15.6. The van der Waals surface area contributed by atoms with E-state index in [2.05, 4.69) is 38.0 Å². The zero-order chi connectivity index (χ0) is 18.8. The second-order valence-electron chi connectivity index (χ2n) is 7.00. The molecule has 0 aliphatic carbocycles. The van der Waals surface area contributed by atoms with Gasteiger partial charge in [-0.05, 0) is 37.8 Å². The predicted molar refractivity (Wildman–Crippen MR) is 105 cm³/mol. The Morgan fingerprint density at radius 2 is 2.07 bits per heavy atom. The van der Waals surface area contributed by atoms with E-state index in [1.165, 1.54) is 5.56 Å². The van der Waals surface area contributed by atoms with Crippen LogP contribution in [0.5, 0.6) is 0 Å². The van der Waals surface area contributed by atoms with Crippen LogP contribution < -0.4 is 15.5 Å². The first-order valence-corrected chi connectivity index (χ1v) is 9.56. The molecule has 0 amide bonds. The highest BCUT2D eigenvalue weighted by Gasteiger charge is 2.30. The molecule has 1 unspecified atom stereocenters. The Hall–Kier alpha value is -2.83. The lowest BCUT2D eigenvalue weighted by Gasteiger charge is -2.33. The Balaban J connectivity index is 1.60. The summed E-state index contributed by atoms with van der Waals surface area (Å²) in [6.45, 7) is 4.50. The molecule has 1 atom stereocenters. The number of benzene rings is 1. The highest BCUT2D eigenvalue weighted by molar-refractivity contribution is 5.82. The number of piperidine rings is 1. The van der Waals surface area contributed by atoms with E-state index in [9.17, 15) is 4.79 Å². The summed E-state index contributed by atoms with van der Waals surface area (Å²) in [5.74, 6) is 1.18. The predicted octanol–water partition coefficient (Wildman–Crippen LogP) is 2.53. The van der Waals surface area contributed by atoms with E-state index in [0.717, 1.165) is 43.9 Å². The smallest absolute Gasteiger partial charge is 0.310 e. The van der Waals surface area contributed by atoms with Crippen molar-refractivity contribution in [3.8, 4) is 0 Å². The van der Waals surface area contributed by atoms with Gasteiger partial charge in [0.15, 0.2) is 11.6 Å². The van der Waals surface area contributed by atoms with Crippen LogP contribution in [0.4, 0.5) is 23.0 Å². The van der Waals surface area contributed by atoms with Gasteiger partial charge >= 0.3 is 5.97 Å². The van der Waals surface area contributed by atoms with Crippen LogP contribution in [0.15, 0.2) is 30.6 Å². The molecule has 0 spiro atoms. The van der Waals surface area contributed by atoms with E-state index in [-0.39, 0.29) is 11.9 Å². The molecule has 2 aliphatic heterocycles. The van der Waals surface area contributed by atoms with Gasteiger partial charge < -0.3 is 20.3 Å². The second kappa shape index (κ2) is 7.42. The molecule has 1 aromatic carbocycles. The summed E-state index contributed by atoms with van der Waals surface area (Å²) in [6, 6.07) is 8.33. The van der Waals surface area contributed by atoms with Gasteiger partial charge in [-0.2, -0.15) is 0 Å². The van der Waals surface area contributed by atoms with Gasteiger partial charge in [-0.3, -0.25) is 4.79 Å². The Morgan fingerprint density at radius 3 is 2.93 bits per heavy atom. The summed E-state index contributed by atoms with van der Waals surface area (Å²) >= 11 is 0. The molecule has 0 bridgehead atoms. The molecular weight excluding hydrogens is 342 g/mol. The quantitative estimate of drug-likeness (QED) is 0.831. The van der Waals surface area contributed by atoms with Gasteiger partial charge in [-0.1, -0.05) is 18.2 Å². The fourth-order valence-corrected chi connectivity index (χ4v) is 4.02. The second-order valence-corrected chi connectivity index (χ2v) is 7.00. The maximum atomic E-state index is 12.2. The minimum Gasteiger partial charge on any atom is -0.466 e. The van der Waals surface area contributed by atoms with Crippen LogP contribution in [0.2, 0.25) is 0 Å². The molecule has 1 fully saturated rings. The van der Waals surface area contributed by atoms with Crippen LogP contribution in [0.3, 0.4) is 0 Å². The monoisotopic (exact) mass is 367 g/mol. The molecule has 7 nitrogen and oxygen atoms in total. The highest BCUT2D eigenvalue weighted by Crippen LogP contribution is 2.39. The van der Waals surface area contributed by atoms with E-state index < -0.39 is 0 Å². The lowest BCUT2D eigenvalue weighted by Crippen LogP contribution is -2.40. The average Bonchev–Trinajstić information content (AvgIpc) is 3.12. The van der Waals surface area contributed by atoms with Crippen LogP contribution in [0.25, 0.3) is 0 Å². The summed E-state index contributed by atoms with van der Waals surface area (Å²) in [4.78, 5) is 25.3. The Kier molecular flexibility index (Phi) is 4.83. The maximum absolute atomic E-state index is 12.2. The highest BCUT2D eigenvalue weighted by atomic mass is 16.5. The zero-order valence-corrected chi connectivity index (χ0v) is 15.6. The number of anilines is 4. The minimum atomic E-state index is -0.136. The van der Waals surface area contributed by atoms with Crippen LogP contribution in [-0.4, -0.2) is 42.2 Å². The summed E-state index contributed by atoms with van der Waals surface area (Å²) in [5.41, 5.74) is 9.53. The standard InChI is InChI=1S/C20H25N5O2/c1-2-27-20(26)15-7-5-10-24(12-15)18-17(21)19(23-13-22-18)25-11-9-14-6-3-4-8-16(14)25/h3-4,6,8,13,15H,2,5,7,9-12,21H2,1H3. The molecule has 0 saturated carbocycles. The van der Waals surface area contributed by atoms with E-state index in [1.807, 2.05) is 13.0 Å². The third-order valence-electron chi connectivity index (χ3n) is 5.33. The molecule has 142 valence electrons. The maximum Gasteiger partial charge on any atom is 0.310 e. The number of ether oxygens (including phenoxy) is 1. The molecule has 2 aromatic rings. The number of carbonyl (C=O) groups excluding carboxylic acids is 1. The normalized spacial score (nSPS) is 19.1. The minimum absolute atomic E-state index is 0.135. The summed E-state index contributed by atoms with van der Waals surface area (Å²) < 4.78 is 5.20. The van der Waals surface area contributed by atoms with Gasteiger partial charge in [0.05, 0.1) is 12.5 Å². The summed E-state index contributed by atoms with van der Waals surface area (Å²) in [7, 11) is 0. The molecular formula is C20H25N5O2. The number of aromatic nitrogens is 2. The largest absolute Gasteiger partial charge is 0.466 e. The van der Waals surface area contributed by atoms with Crippen LogP contribution in [0.1, 0.15) is 25.3 Å². The SMILES string of the molecule is CCOC(=O)C1CCCN(c2ncnc(N3CCc4ccccc43)c2N)C1. The first kappa shape index (κ1) is 17.6. The Morgan fingerprint density at radius 1 is 1.26 bits per heavy atom. The van der Waals surface area contributed by atoms with Crippen LogP contribution in [-0.2, 0) is 16.0 Å². The number of esters is 1. The van der Waals surface area contributed by atoms with Gasteiger partial charge in [-0.15, -0.1) is 0 Å². The molecule has 2 N–H and O–H groups in total. The first-order valence-electron chi connectivity index (χ1n) is 9.56. The summed E-state index contributed by atoms with van der Waals surface area (Å²) in [6.07, 6.45) is 4.29. The number of carbonyl (C=O) groups is 1. The van der Waals surface area contributed by atoms with Crippen LogP contribution >= 0.6 is 0 Å². The molecule has 1 aromatic heterocycles. The van der Waals surface area contributed by atoms with Crippen molar-refractivity contribution in [2.24, 2.45) is 5.92 Å². The number of fused-ring (bicyclic) bond motifs is 1. The third kappa shape index (κ3) is 3.29. The van der Waals surface area contributed by atoms with Crippen molar-refractivity contribution >= 4 is 29.0 Å². The molecule has 0 radical (unpaired) electrons. The molecule has 27 heavy (non-hydrogen) atoms. The number of hydrogen-bond donors (Lipinski definition) is 1. The van der Waals surface area contributed by atoms with Gasteiger partial charge in [0, 0.05) is 25.3 Å². The Bertz CT molecular complexity index is 841. The van der Waals surface area contributed by atoms with Crippen LogP contribution in [0, 0.1) is 5.92 Å². The molecule has 2 aliphatic rings. The lowest BCUT2D eigenvalue weighted by atomic mass is 9.98. The number of nitrogens with zero attached hydrogens (tertiary/aromatic N) is 4. The lowest BCUT2D eigenvalue weighted by molar-refractivity contribution is -0.148. The number of hydrogen-bond acceptors (Lipinski definition) is 7. The van der Waals surface area contributed by atoms with E-state index in [0.29, 0.717) is 24.7 Å². The molecule has 7 heteroatoms. The number of nitrogens with two attached hydrogens (primary N) is 1. The van der Waals surface area contributed by atoms with Crippen molar-refractivity contribution in [3.05, 3.63) is 36.2 Å². The fraction of sp³-hybridized carbons (Fsp3) is 0.450. The van der Waals surface area contributed by atoms with Gasteiger partial charge in [0.2, 0.25) is 0 Å². The van der Waals surface area contributed by atoms with E-state index >= 15 is 0 Å². The van der Waals surface area contributed by atoms with Crippen molar-refractivity contribution in [1.29, 1.82) is 0 Å². The fourth-order valence-electron chi connectivity index (χ4n) is 4.02. The third-order valence-corrected chi connectivity index (χ3v) is 5.33. The topological polar surface area (TPSA) is 84.6 Å². The van der Waals surface area contributed by atoms with Gasteiger partial charge in [0.25, 0.3) is 0 Å². The van der Waals surface area contributed by atoms with Crippen molar-refractivity contribution in [2.45, 2.75) is 26.2 Å². The van der Waals surface area contributed by atoms with E-state index in [1.54, 1.807) is 6.33 Å². The van der Waals surface area contributed by atoms with Crippen molar-refractivity contribution in [2.75, 3.05) is 41.8 Å².